The summed E-state index contributed by atoms with van der Waals surface area (Å²) in [5.41, 5.74) is 2.19. The maximum atomic E-state index is 12.6. The van der Waals surface area contributed by atoms with E-state index in [0.29, 0.717) is 29.2 Å². The van der Waals surface area contributed by atoms with Crippen molar-refractivity contribution in [2.45, 2.75) is 18.4 Å². The topological polar surface area (TPSA) is 110 Å². The molecule has 3 rings (SSSR count). The largest absolute Gasteiger partial charge is 0.481 e. The SMILES string of the molecule is COc1ccc(S(=O)(=O)Nc2cc(C(=O)NCc3cccnc3)ccc2C)cn1. The van der Waals surface area contributed by atoms with Crippen molar-refractivity contribution in [1.82, 2.24) is 15.3 Å². The number of pyridine rings is 2. The molecule has 0 fully saturated rings. The second-order valence-electron chi connectivity index (χ2n) is 6.22. The minimum absolute atomic E-state index is 0.0101. The van der Waals surface area contributed by atoms with Gasteiger partial charge in [0, 0.05) is 30.6 Å². The number of hydrogen-bond acceptors (Lipinski definition) is 6. The highest BCUT2D eigenvalue weighted by atomic mass is 32.2. The fourth-order valence-electron chi connectivity index (χ4n) is 2.51. The van der Waals surface area contributed by atoms with Crippen molar-refractivity contribution in [3.63, 3.8) is 0 Å². The lowest BCUT2D eigenvalue weighted by molar-refractivity contribution is 0.0951. The molecule has 0 atom stereocenters. The van der Waals surface area contributed by atoms with Gasteiger partial charge in [0.05, 0.1) is 19.0 Å². The number of carbonyl (C=O) groups is 1. The Morgan fingerprint density at radius 2 is 1.97 bits per heavy atom. The van der Waals surface area contributed by atoms with Crippen molar-refractivity contribution in [2.24, 2.45) is 0 Å². The molecular weight excluding hydrogens is 392 g/mol. The second kappa shape index (κ2) is 8.70. The number of carbonyl (C=O) groups excluding carboxylic acids is 1. The first kappa shape index (κ1) is 20.3. The van der Waals surface area contributed by atoms with Gasteiger partial charge >= 0.3 is 0 Å². The van der Waals surface area contributed by atoms with Crippen LogP contribution in [0.1, 0.15) is 21.5 Å². The molecule has 0 radical (unpaired) electrons. The number of nitrogens with one attached hydrogen (secondary N) is 2. The van der Waals surface area contributed by atoms with Crippen molar-refractivity contribution in [3.05, 3.63) is 77.7 Å². The van der Waals surface area contributed by atoms with Crippen LogP contribution in [-0.2, 0) is 16.6 Å². The van der Waals surface area contributed by atoms with Crippen LogP contribution < -0.4 is 14.8 Å². The molecule has 29 heavy (non-hydrogen) atoms. The van der Waals surface area contributed by atoms with Crippen LogP contribution in [0.25, 0.3) is 0 Å². The average molecular weight is 412 g/mol. The first-order chi connectivity index (χ1) is 13.9. The van der Waals surface area contributed by atoms with Gasteiger partial charge < -0.3 is 10.1 Å². The maximum absolute atomic E-state index is 12.6. The highest BCUT2D eigenvalue weighted by Crippen LogP contribution is 2.22. The van der Waals surface area contributed by atoms with E-state index in [2.05, 4.69) is 20.0 Å². The maximum Gasteiger partial charge on any atom is 0.263 e. The van der Waals surface area contributed by atoms with Gasteiger partial charge in [-0.3, -0.25) is 14.5 Å². The molecule has 1 amide bonds. The van der Waals surface area contributed by atoms with E-state index < -0.39 is 10.0 Å². The minimum Gasteiger partial charge on any atom is -0.481 e. The molecule has 3 aromatic rings. The van der Waals surface area contributed by atoms with E-state index in [4.69, 9.17) is 4.74 Å². The molecule has 8 nitrogen and oxygen atoms in total. The molecule has 150 valence electrons. The first-order valence-corrected chi connectivity index (χ1v) is 10.2. The van der Waals surface area contributed by atoms with Gasteiger partial charge in [0.2, 0.25) is 5.88 Å². The van der Waals surface area contributed by atoms with Crippen LogP contribution in [-0.4, -0.2) is 31.4 Å². The number of aromatic nitrogens is 2. The number of anilines is 1. The molecule has 0 unspecified atom stereocenters. The summed E-state index contributed by atoms with van der Waals surface area (Å²) in [5, 5.41) is 2.79. The van der Waals surface area contributed by atoms with Gasteiger partial charge in [0.1, 0.15) is 4.90 Å². The smallest absolute Gasteiger partial charge is 0.263 e. The lowest BCUT2D eigenvalue weighted by atomic mass is 10.1. The van der Waals surface area contributed by atoms with Crippen LogP contribution in [0.4, 0.5) is 5.69 Å². The van der Waals surface area contributed by atoms with Gasteiger partial charge in [0.25, 0.3) is 15.9 Å². The van der Waals surface area contributed by atoms with E-state index in [1.807, 2.05) is 6.07 Å². The molecule has 2 heterocycles. The normalized spacial score (nSPS) is 11.0. The molecule has 0 bridgehead atoms. The van der Waals surface area contributed by atoms with E-state index >= 15 is 0 Å². The fourth-order valence-corrected chi connectivity index (χ4v) is 3.58. The molecule has 0 spiro atoms. The number of rotatable bonds is 7. The average Bonchev–Trinajstić information content (AvgIpc) is 2.74. The third kappa shape index (κ3) is 5.08. The van der Waals surface area contributed by atoms with Crippen molar-refractivity contribution < 1.29 is 17.9 Å². The zero-order chi connectivity index (χ0) is 20.9. The molecule has 2 N–H and O–H groups in total. The zero-order valence-corrected chi connectivity index (χ0v) is 16.7. The van der Waals surface area contributed by atoms with Crippen LogP contribution >= 0.6 is 0 Å². The van der Waals surface area contributed by atoms with Gasteiger partial charge in [-0.15, -0.1) is 0 Å². The van der Waals surface area contributed by atoms with Crippen LogP contribution in [0.15, 0.2) is 66.0 Å². The fraction of sp³-hybridized carbons (Fsp3) is 0.150. The Morgan fingerprint density at radius 1 is 1.14 bits per heavy atom. The number of aryl methyl sites for hydroxylation is 1. The number of sulfonamides is 1. The summed E-state index contributed by atoms with van der Waals surface area (Å²) >= 11 is 0. The molecule has 9 heteroatoms. The van der Waals surface area contributed by atoms with Crippen molar-refractivity contribution in [2.75, 3.05) is 11.8 Å². The van der Waals surface area contributed by atoms with Gasteiger partial charge in [-0.2, -0.15) is 0 Å². The van der Waals surface area contributed by atoms with E-state index in [-0.39, 0.29) is 10.8 Å². The Hall–Kier alpha value is -3.46. The highest BCUT2D eigenvalue weighted by Gasteiger charge is 2.17. The Balaban J connectivity index is 1.76. The lowest BCUT2D eigenvalue weighted by Crippen LogP contribution is -2.23. The lowest BCUT2D eigenvalue weighted by Gasteiger charge is -2.12. The summed E-state index contributed by atoms with van der Waals surface area (Å²) < 4.78 is 32.7. The van der Waals surface area contributed by atoms with E-state index in [1.165, 1.54) is 31.5 Å². The van der Waals surface area contributed by atoms with Gasteiger partial charge in [-0.25, -0.2) is 13.4 Å². The van der Waals surface area contributed by atoms with E-state index in [0.717, 1.165) is 5.56 Å². The quantitative estimate of drug-likeness (QED) is 0.617. The van der Waals surface area contributed by atoms with E-state index in [9.17, 15) is 13.2 Å². The predicted molar refractivity (Wildman–Crippen MR) is 108 cm³/mol. The predicted octanol–water partition coefficient (Wildman–Crippen LogP) is 2.52. The third-order valence-corrected chi connectivity index (χ3v) is 5.50. The molecule has 0 saturated carbocycles. The van der Waals surface area contributed by atoms with Gasteiger partial charge in [-0.05, 0) is 42.3 Å². The number of methoxy groups -OCH3 is 1. The first-order valence-electron chi connectivity index (χ1n) is 8.69. The van der Waals surface area contributed by atoms with Crippen LogP contribution in [0.3, 0.4) is 0 Å². The van der Waals surface area contributed by atoms with E-state index in [1.54, 1.807) is 37.5 Å². The third-order valence-electron chi connectivity index (χ3n) is 4.15. The van der Waals surface area contributed by atoms with Crippen molar-refractivity contribution in [1.29, 1.82) is 0 Å². The summed E-state index contributed by atoms with van der Waals surface area (Å²) in [4.78, 5) is 20.4. The number of benzene rings is 1. The Labute approximate surface area is 169 Å². The Morgan fingerprint density at radius 3 is 2.62 bits per heavy atom. The zero-order valence-electron chi connectivity index (χ0n) is 15.9. The Kier molecular flexibility index (Phi) is 6.08. The summed E-state index contributed by atoms with van der Waals surface area (Å²) in [7, 11) is -2.42. The summed E-state index contributed by atoms with van der Waals surface area (Å²) in [6, 6.07) is 11.3. The van der Waals surface area contributed by atoms with Crippen molar-refractivity contribution in [3.8, 4) is 5.88 Å². The molecule has 0 aliphatic rings. The molecule has 0 saturated heterocycles. The second-order valence-corrected chi connectivity index (χ2v) is 7.90. The summed E-state index contributed by atoms with van der Waals surface area (Å²) in [6.07, 6.45) is 4.53. The number of amides is 1. The van der Waals surface area contributed by atoms with Crippen LogP contribution in [0.2, 0.25) is 0 Å². The van der Waals surface area contributed by atoms with Gasteiger partial charge in [-0.1, -0.05) is 12.1 Å². The van der Waals surface area contributed by atoms with Crippen LogP contribution in [0, 0.1) is 6.92 Å². The number of ether oxygens (including phenoxy) is 1. The molecule has 2 aromatic heterocycles. The Bertz CT molecular complexity index is 1100. The standard InChI is InChI=1S/C20H20N4O4S/c1-14-5-6-16(20(25)23-12-15-4-3-9-21-11-15)10-18(14)24-29(26,27)17-7-8-19(28-2)22-13-17/h3-11,13,24H,12H2,1-2H3,(H,23,25). The molecule has 0 aliphatic carbocycles. The van der Waals surface area contributed by atoms with Gasteiger partial charge in [0.15, 0.2) is 0 Å². The number of hydrogen-bond donors (Lipinski definition) is 2. The summed E-state index contributed by atoms with van der Waals surface area (Å²) in [5.74, 6) is -0.00664. The number of nitrogens with zero attached hydrogens (tertiary/aromatic N) is 2. The highest BCUT2D eigenvalue weighted by molar-refractivity contribution is 7.92. The molecular formula is C20H20N4O4S. The van der Waals surface area contributed by atoms with Crippen LogP contribution in [0.5, 0.6) is 5.88 Å². The molecule has 1 aromatic carbocycles. The minimum atomic E-state index is -3.87. The summed E-state index contributed by atoms with van der Waals surface area (Å²) in [6.45, 7) is 2.07. The monoisotopic (exact) mass is 412 g/mol. The van der Waals surface area contributed by atoms with Crippen molar-refractivity contribution >= 4 is 21.6 Å². The molecule has 0 aliphatic heterocycles.